The third-order valence-corrected chi connectivity index (χ3v) is 3.80. The van der Waals surface area contributed by atoms with Gasteiger partial charge in [-0.3, -0.25) is 9.59 Å². The first-order valence-electron chi connectivity index (χ1n) is 6.53. The third-order valence-electron chi connectivity index (χ3n) is 2.86. The van der Waals surface area contributed by atoms with E-state index in [1.807, 2.05) is 44.2 Å². The maximum Gasteiger partial charge on any atom is 0.313 e. The van der Waals surface area contributed by atoms with Crippen LogP contribution < -0.4 is 5.32 Å². The minimum Gasteiger partial charge on any atom is -0.481 e. The molecule has 0 aromatic heterocycles. The van der Waals surface area contributed by atoms with Crippen molar-refractivity contribution in [2.24, 2.45) is 5.41 Å². The number of carbonyl (C=O) groups excluding carboxylic acids is 1. The van der Waals surface area contributed by atoms with Gasteiger partial charge < -0.3 is 10.4 Å². The van der Waals surface area contributed by atoms with E-state index in [1.54, 1.807) is 0 Å². The molecule has 0 aliphatic carbocycles. The first kappa shape index (κ1) is 16.6. The van der Waals surface area contributed by atoms with Crippen molar-refractivity contribution in [1.82, 2.24) is 5.32 Å². The zero-order valence-corrected chi connectivity index (χ0v) is 12.7. The highest BCUT2D eigenvalue weighted by Gasteiger charge is 2.27. The molecule has 1 aromatic carbocycles. The van der Waals surface area contributed by atoms with E-state index in [9.17, 15) is 9.59 Å². The van der Waals surface area contributed by atoms with Crippen molar-refractivity contribution in [1.29, 1.82) is 0 Å². The lowest BCUT2D eigenvalue weighted by atomic mass is 9.85. The monoisotopic (exact) mass is 295 g/mol. The lowest BCUT2D eigenvalue weighted by Crippen LogP contribution is -2.39. The molecule has 0 aliphatic rings. The van der Waals surface area contributed by atoms with Gasteiger partial charge >= 0.3 is 5.97 Å². The van der Waals surface area contributed by atoms with Crippen LogP contribution >= 0.6 is 11.8 Å². The summed E-state index contributed by atoms with van der Waals surface area (Å²) >= 11 is 1.30. The molecule has 1 aromatic rings. The fourth-order valence-corrected chi connectivity index (χ4v) is 2.39. The smallest absolute Gasteiger partial charge is 0.313 e. The second-order valence-corrected chi connectivity index (χ2v) is 6.35. The number of carboxylic acids is 1. The van der Waals surface area contributed by atoms with Crippen molar-refractivity contribution < 1.29 is 14.7 Å². The van der Waals surface area contributed by atoms with Crippen LogP contribution in [-0.2, 0) is 16.0 Å². The van der Waals surface area contributed by atoms with E-state index in [4.69, 9.17) is 5.11 Å². The predicted octanol–water partition coefficient (Wildman–Crippen LogP) is 2.19. The summed E-state index contributed by atoms with van der Waals surface area (Å²) in [6.45, 7) is 4.33. The fraction of sp³-hybridized carbons (Fsp3) is 0.467. The van der Waals surface area contributed by atoms with Gasteiger partial charge in [-0.15, -0.1) is 11.8 Å². The summed E-state index contributed by atoms with van der Waals surface area (Å²) in [5.41, 5.74) is 0.659. The van der Waals surface area contributed by atoms with E-state index in [-0.39, 0.29) is 11.7 Å². The van der Waals surface area contributed by atoms with Gasteiger partial charge in [-0.05, 0) is 12.0 Å². The Labute approximate surface area is 124 Å². The van der Waals surface area contributed by atoms with Crippen LogP contribution in [-0.4, -0.2) is 35.0 Å². The molecule has 1 amide bonds. The van der Waals surface area contributed by atoms with Crippen molar-refractivity contribution in [3.8, 4) is 0 Å². The maximum absolute atomic E-state index is 12.1. The van der Waals surface area contributed by atoms with Crippen LogP contribution in [0.1, 0.15) is 19.4 Å². The number of rotatable bonds is 8. The zero-order chi connectivity index (χ0) is 15.0. The lowest BCUT2D eigenvalue weighted by Gasteiger charge is -2.23. The van der Waals surface area contributed by atoms with Gasteiger partial charge in [0.1, 0.15) is 0 Å². The first-order valence-corrected chi connectivity index (χ1v) is 7.69. The van der Waals surface area contributed by atoms with E-state index in [0.29, 0.717) is 18.7 Å². The van der Waals surface area contributed by atoms with Gasteiger partial charge in [-0.25, -0.2) is 0 Å². The number of amides is 1. The molecule has 0 saturated carbocycles. The highest BCUT2D eigenvalue weighted by atomic mass is 32.2. The van der Waals surface area contributed by atoms with Crippen molar-refractivity contribution in [3.05, 3.63) is 35.9 Å². The Morgan fingerprint density at radius 1 is 1.25 bits per heavy atom. The van der Waals surface area contributed by atoms with Gasteiger partial charge in [0, 0.05) is 17.7 Å². The molecule has 0 fully saturated rings. The summed E-state index contributed by atoms with van der Waals surface area (Å²) in [6, 6.07) is 9.91. The molecule has 5 heteroatoms. The van der Waals surface area contributed by atoms with E-state index in [0.717, 1.165) is 5.56 Å². The molecule has 0 bridgehead atoms. The molecule has 2 N–H and O–H groups in total. The number of benzene rings is 1. The standard InChI is InChI=1S/C15H21NO3S/c1-15(2,10-12-6-4-3-5-7-12)14(19)16-8-9-20-11-13(17)18/h3-7H,8-11H2,1-2H3,(H,16,19)(H,17,18). The molecule has 0 atom stereocenters. The molecule has 0 heterocycles. The first-order chi connectivity index (χ1) is 9.42. The number of hydrogen-bond donors (Lipinski definition) is 2. The topological polar surface area (TPSA) is 66.4 Å². The van der Waals surface area contributed by atoms with Gasteiger partial charge in [-0.2, -0.15) is 0 Å². The SMILES string of the molecule is CC(C)(Cc1ccccc1)C(=O)NCCSCC(=O)O. The third kappa shape index (κ3) is 6.10. The second kappa shape index (κ2) is 7.94. The maximum atomic E-state index is 12.1. The average Bonchev–Trinajstić information content (AvgIpc) is 2.38. The van der Waals surface area contributed by atoms with Crippen LogP contribution in [0.4, 0.5) is 0 Å². The largest absolute Gasteiger partial charge is 0.481 e. The van der Waals surface area contributed by atoms with Gasteiger partial charge in [0.2, 0.25) is 5.91 Å². The van der Waals surface area contributed by atoms with Gasteiger partial charge in [0.15, 0.2) is 0 Å². The van der Waals surface area contributed by atoms with E-state index in [2.05, 4.69) is 5.32 Å². The summed E-state index contributed by atoms with van der Waals surface area (Å²) in [4.78, 5) is 22.5. The number of nitrogens with one attached hydrogen (secondary N) is 1. The van der Waals surface area contributed by atoms with E-state index >= 15 is 0 Å². The Kier molecular flexibility index (Phi) is 6.58. The quantitative estimate of drug-likeness (QED) is 0.722. The minimum atomic E-state index is -0.828. The number of aliphatic carboxylic acids is 1. The minimum absolute atomic E-state index is 0.00252. The molecule has 0 radical (unpaired) electrons. The summed E-state index contributed by atoms with van der Waals surface area (Å²) < 4.78 is 0. The Bertz CT molecular complexity index is 446. The van der Waals surface area contributed by atoms with Crippen LogP contribution in [0.15, 0.2) is 30.3 Å². The number of hydrogen-bond acceptors (Lipinski definition) is 3. The van der Waals surface area contributed by atoms with Crippen molar-refractivity contribution in [2.75, 3.05) is 18.1 Å². The molecule has 4 nitrogen and oxygen atoms in total. The van der Waals surface area contributed by atoms with Gasteiger partial charge in [0.25, 0.3) is 0 Å². The molecular formula is C15H21NO3S. The molecular weight excluding hydrogens is 274 g/mol. The Balaban J connectivity index is 2.35. The highest BCUT2D eigenvalue weighted by molar-refractivity contribution is 7.99. The number of thioether (sulfide) groups is 1. The van der Waals surface area contributed by atoms with Crippen molar-refractivity contribution in [2.45, 2.75) is 20.3 Å². The number of carbonyl (C=O) groups is 2. The molecule has 20 heavy (non-hydrogen) atoms. The summed E-state index contributed by atoms with van der Waals surface area (Å²) in [7, 11) is 0. The molecule has 0 spiro atoms. The Morgan fingerprint density at radius 2 is 1.90 bits per heavy atom. The van der Waals surface area contributed by atoms with Crippen molar-refractivity contribution in [3.63, 3.8) is 0 Å². The summed E-state index contributed by atoms with van der Waals surface area (Å²) in [5, 5.41) is 11.4. The average molecular weight is 295 g/mol. The number of carboxylic acid groups (broad SMARTS) is 1. The van der Waals surface area contributed by atoms with Crippen LogP contribution in [0.25, 0.3) is 0 Å². The second-order valence-electron chi connectivity index (χ2n) is 5.25. The van der Waals surface area contributed by atoms with Gasteiger partial charge in [0.05, 0.1) is 5.75 Å². The van der Waals surface area contributed by atoms with E-state index in [1.165, 1.54) is 11.8 Å². The van der Waals surface area contributed by atoms with Gasteiger partial charge in [-0.1, -0.05) is 44.2 Å². The normalized spacial score (nSPS) is 11.1. The van der Waals surface area contributed by atoms with E-state index < -0.39 is 11.4 Å². The molecule has 1 rings (SSSR count). The van der Waals surface area contributed by atoms with Crippen LogP contribution in [0.2, 0.25) is 0 Å². The van der Waals surface area contributed by atoms with Crippen LogP contribution in [0, 0.1) is 5.41 Å². The summed E-state index contributed by atoms with van der Waals surface area (Å²) in [6.07, 6.45) is 0.682. The molecule has 0 unspecified atom stereocenters. The summed E-state index contributed by atoms with van der Waals surface area (Å²) in [5.74, 6) is -0.147. The van der Waals surface area contributed by atoms with Crippen molar-refractivity contribution >= 4 is 23.6 Å². The lowest BCUT2D eigenvalue weighted by molar-refractivity contribution is -0.134. The molecule has 0 aliphatic heterocycles. The Morgan fingerprint density at radius 3 is 2.50 bits per heavy atom. The predicted molar refractivity (Wildman–Crippen MR) is 81.9 cm³/mol. The molecule has 110 valence electrons. The van der Waals surface area contributed by atoms with Crippen LogP contribution in [0.3, 0.4) is 0 Å². The fourth-order valence-electron chi connectivity index (χ4n) is 1.82. The Hall–Kier alpha value is -1.49. The highest BCUT2D eigenvalue weighted by Crippen LogP contribution is 2.21. The zero-order valence-electron chi connectivity index (χ0n) is 11.9. The van der Waals surface area contributed by atoms with Crippen LogP contribution in [0.5, 0.6) is 0 Å². The molecule has 0 saturated heterocycles.